The highest BCUT2D eigenvalue weighted by Crippen LogP contribution is 2.49. The Morgan fingerprint density at radius 1 is 1.08 bits per heavy atom. The van der Waals surface area contributed by atoms with E-state index < -0.39 is 6.68 Å². The maximum Gasteiger partial charge on any atom is 0.379 e. The van der Waals surface area contributed by atoms with Crippen molar-refractivity contribution in [3.63, 3.8) is 0 Å². The van der Waals surface area contributed by atoms with Gasteiger partial charge in [0.05, 0.1) is 5.69 Å². The number of fused-ring (bicyclic) bond motifs is 2. The summed E-state index contributed by atoms with van der Waals surface area (Å²) in [6.45, 7) is -1.77. The fourth-order valence-electron chi connectivity index (χ4n) is 4.66. The third-order valence-corrected chi connectivity index (χ3v) is 5.67. The molecule has 4 rings (SSSR count). The monoisotopic (exact) mass is 357 g/mol. The van der Waals surface area contributed by atoms with Crippen LogP contribution in [0.4, 0.5) is 24.9 Å². The number of nitrogen functional groups attached to an aromatic ring is 1. The van der Waals surface area contributed by atoms with E-state index >= 15 is 0 Å². The number of anilines is 2. The summed E-state index contributed by atoms with van der Waals surface area (Å²) in [4.78, 5) is 11.6. The summed E-state index contributed by atoms with van der Waals surface area (Å²) >= 11 is 0. The Bertz CT molecular complexity index is 601. The minimum Gasteiger partial charge on any atom is -0.368 e. The zero-order chi connectivity index (χ0) is 18.0. The zero-order valence-electron chi connectivity index (χ0n) is 14.4. The van der Waals surface area contributed by atoms with Crippen LogP contribution in [0, 0.1) is 0 Å². The van der Waals surface area contributed by atoms with Crippen LogP contribution >= 0.6 is 0 Å². The molecule has 0 amide bonds. The largest absolute Gasteiger partial charge is 0.379 e. The highest BCUT2D eigenvalue weighted by atomic mass is 19.4. The molecule has 3 aliphatic rings. The summed E-state index contributed by atoms with van der Waals surface area (Å²) in [5, 5.41) is 0. The summed E-state index contributed by atoms with van der Waals surface area (Å²) in [7, 11) is 0. The number of halogens is 3. The minimum absolute atomic E-state index is 0.265. The Morgan fingerprint density at radius 3 is 2.32 bits per heavy atom. The van der Waals surface area contributed by atoms with Crippen molar-refractivity contribution >= 4 is 11.8 Å². The van der Waals surface area contributed by atoms with Crippen molar-refractivity contribution in [3.05, 3.63) is 11.3 Å². The summed E-state index contributed by atoms with van der Waals surface area (Å²) in [6.07, 6.45) is 9.87. The fourth-order valence-corrected chi connectivity index (χ4v) is 4.66. The number of rotatable bonds is 1. The van der Waals surface area contributed by atoms with Gasteiger partial charge in [0.25, 0.3) is 0 Å². The second-order valence-electron chi connectivity index (χ2n) is 7.32. The summed E-state index contributed by atoms with van der Waals surface area (Å²) < 4.78 is 29.0. The molecule has 1 saturated carbocycles. The van der Waals surface area contributed by atoms with Gasteiger partial charge in [0.1, 0.15) is 5.82 Å². The van der Waals surface area contributed by atoms with Crippen molar-refractivity contribution in [3.8, 4) is 0 Å². The van der Waals surface area contributed by atoms with Gasteiger partial charge in [-0.25, -0.2) is 4.98 Å². The molecule has 2 heterocycles. The first-order valence-corrected chi connectivity index (χ1v) is 9.01. The SMILES string of the molecule is FC(F)F.Nc1nc(N2CCC(N)C2)c2c(n1)C1(CCCC1)CCC2. The molecule has 0 aromatic carbocycles. The molecule has 0 bridgehead atoms. The number of nitrogens with two attached hydrogens (primary N) is 2. The molecule has 8 heteroatoms. The van der Waals surface area contributed by atoms with Crippen molar-refractivity contribution in [2.75, 3.05) is 23.7 Å². The van der Waals surface area contributed by atoms with Crippen LogP contribution in [0.3, 0.4) is 0 Å². The number of nitrogens with zero attached hydrogens (tertiary/aromatic N) is 3. The second-order valence-corrected chi connectivity index (χ2v) is 7.32. The van der Waals surface area contributed by atoms with Crippen LogP contribution in [0.5, 0.6) is 0 Å². The Balaban J connectivity index is 0.000000415. The Hall–Kier alpha value is -1.57. The van der Waals surface area contributed by atoms with E-state index in [9.17, 15) is 13.2 Å². The van der Waals surface area contributed by atoms with E-state index in [2.05, 4.69) is 9.88 Å². The molecule has 2 aliphatic carbocycles. The number of hydrogen-bond donors (Lipinski definition) is 2. The van der Waals surface area contributed by atoms with E-state index in [4.69, 9.17) is 16.5 Å². The predicted molar refractivity (Wildman–Crippen MR) is 91.4 cm³/mol. The van der Waals surface area contributed by atoms with Crippen LogP contribution in [0.15, 0.2) is 0 Å². The van der Waals surface area contributed by atoms with Crippen molar-refractivity contribution < 1.29 is 13.2 Å². The molecule has 1 aliphatic heterocycles. The Morgan fingerprint density at radius 2 is 1.72 bits per heavy atom. The van der Waals surface area contributed by atoms with Gasteiger partial charge in [-0.1, -0.05) is 12.8 Å². The first kappa shape index (κ1) is 18.2. The van der Waals surface area contributed by atoms with Crippen molar-refractivity contribution in [2.45, 2.75) is 69.5 Å². The number of aromatic nitrogens is 2. The quantitative estimate of drug-likeness (QED) is 0.808. The van der Waals surface area contributed by atoms with Gasteiger partial charge in [0.15, 0.2) is 0 Å². The van der Waals surface area contributed by atoms with Gasteiger partial charge < -0.3 is 16.4 Å². The molecule has 1 unspecified atom stereocenters. The average Bonchev–Trinajstić information content (AvgIpc) is 3.17. The first-order chi connectivity index (χ1) is 11.9. The lowest BCUT2D eigenvalue weighted by molar-refractivity contribution is 0.00819. The summed E-state index contributed by atoms with van der Waals surface area (Å²) in [6, 6.07) is 0.265. The van der Waals surface area contributed by atoms with E-state index in [0.717, 1.165) is 31.7 Å². The minimum atomic E-state index is -3.67. The molecule has 1 aromatic rings. The van der Waals surface area contributed by atoms with Gasteiger partial charge in [-0.05, 0) is 38.5 Å². The predicted octanol–water partition coefficient (Wildman–Crippen LogP) is 2.92. The molecular formula is C17H26F3N5. The molecule has 25 heavy (non-hydrogen) atoms. The van der Waals surface area contributed by atoms with Crippen molar-refractivity contribution in [1.29, 1.82) is 0 Å². The maximum atomic E-state index is 9.67. The normalized spacial score (nSPS) is 24.4. The van der Waals surface area contributed by atoms with E-state index in [1.54, 1.807) is 0 Å². The number of hydrogen-bond acceptors (Lipinski definition) is 5. The standard InChI is InChI=1S/C16H25N5.CHF3/c17-11-5-9-21(10-11)14-12-4-3-8-16(6-1-2-7-16)13(12)19-15(18)20-14;2-1(3)4/h11H,1-10,17H2,(H2,18,19,20);1H. The van der Waals surface area contributed by atoms with Gasteiger partial charge >= 0.3 is 6.68 Å². The zero-order valence-corrected chi connectivity index (χ0v) is 14.4. The van der Waals surface area contributed by atoms with Gasteiger partial charge in [-0.3, -0.25) is 0 Å². The van der Waals surface area contributed by atoms with Gasteiger partial charge in [-0.2, -0.15) is 18.2 Å². The molecule has 1 aromatic heterocycles. The van der Waals surface area contributed by atoms with Crippen LogP contribution in [0.2, 0.25) is 0 Å². The van der Waals surface area contributed by atoms with Crippen LogP contribution in [0.25, 0.3) is 0 Å². The molecule has 140 valence electrons. The Kier molecular flexibility index (Phi) is 5.36. The van der Waals surface area contributed by atoms with Crippen LogP contribution in [-0.2, 0) is 11.8 Å². The third kappa shape index (κ3) is 3.83. The Labute approximate surface area is 146 Å². The molecule has 1 spiro atoms. The molecular weight excluding hydrogens is 331 g/mol. The summed E-state index contributed by atoms with van der Waals surface area (Å²) in [5.74, 6) is 1.52. The lowest BCUT2D eigenvalue weighted by atomic mass is 9.71. The average molecular weight is 357 g/mol. The number of alkyl halides is 3. The van der Waals surface area contributed by atoms with Gasteiger partial charge in [0.2, 0.25) is 5.95 Å². The molecule has 4 N–H and O–H groups in total. The molecule has 1 atom stereocenters. The van der Waals surface area contributed by atoms with Crippen LogP contribution in [-0.4, -0.2) is 35.8 Å². The molecule has 1 saturated heterocycles. The van der Waals surface area contributed by atoms with Crippen molar-refractivity contribution in [2.24, 2.45) is 5.73 Å². The van der Waals surface area contributed by atoms with E-state index in [0.29, 0.717) is 11.4 Å². The lowest BCUT2D eigenvalue weighted by Gasteiger charge is -2.36. The molecule has 5 nitrogen and oxygen atoms in total. The van der Waals surface area contributed by atoms with E-state index in [-0.39, 0.29) is 6.04 Å². The van der Waals surface area contributed by atoms with Gasteiger partial charge in [-0.15, -0.1) is 0 Å². The topological polar surface area (TPSA) is 81.1 Å². The maximum absolute atomic E-state index is 9.67. The third-order valence-electron chi connectivity index (χ3n) is 5.67. The van der Waals surface area contributed by atoms with Crippen molar-refractivity contribution in [1.82, 2.24) is 9.97 Å². The molecule has 2 fully saturated rings. The second kappa shape index (κ2) is 7.35. The van der Waals surface area contributed by atoms with Crippen LogP contribution < -0.4 is 16.4 Å². The van der Waals surface area contributed by atoms with Gasteiger partial charge in [0, 0.05) is 30.1 Å². The highest BCUT2D eigenvalue weighted by Gasteiger charge is 2.42. The van der Waals surface area contributed by atoms with Crippen LogP contribution in [0.1, 0.15) is 56.2 Å². The van der Waals surface area contributed by atoms with E-state index in [1.807, 2.05) is 0 Å². The molecule has 0 radical (unpaired) electrons. The smallest absolute Gasteiger partial charge is 0.368 e. The first-order valence-electron chi connectivity index (χ1n) is 9.01. The summed E-state index contributed by atoms with van der Waals surface area (Å²) in [5.41, 5.74) is 15.1. The lowest BCUT2D eigenvalue weighted by Crippen LogP contribution is -2.34. The highest BCUT2D eigenvalue weighted by molar-refractivity contribution is 5.55. The fraction of sp³-hybridized carbons (Fsp3) is 0.765. The van der Waals surface area contributed by atoms with E-state index in [1.165, 1.54) is 49.8 Å².